The molecule has 0 aliphatic carbocycles. The van der Waals surface area contributed by atoms with Crippen LogP contribution in [0.4, 0.5) is 0 Å². The molecular formula is C73H108O6. The molecule has 0 N–H and O–H groups in total. The lowest BCUT2D eigenvalue weighted by Gasteiger charge is -2.18. The molecule has 6 nitrogen and oxygen atoms in total. The Morgan fingerprint density at radius 3 is 0.861 bits per heavy atom. The highest BCUT2D eigenvalue weighted by molar-refractivity contribution is 5.72. The number of carbonyl (C=O) groups is 3. The van der Waals surface area contributed by atoms with Crippen LogP contribution in [0.5, 0.6) is 0 Å². The second-order valence-corrected chi connectivity index (χ2v) is 19.1. The maximum Gasteiger partial charge on any atom is 0.309 e. The molecule has 0 fully saturated rings. The highest BCUT2D eigenvalue weighted by Crippen LogP contribution is 2.12. The largest absolute Gasteiger partial charge is 0.462 e. The van der Waals surface area contributed by atoms with Crippen LogP contribution in [-0.4, -0.2) is 37.2 Å². The fourth-order valence-corrected chi connectivity index (χ4v) is 7.35. The Morgan fingerprint density at radius 2 is 0.519 bits per heavy atom. The van der Waals surface area contributed by atoms with Gasteiger partial charge in [-0.15, -0.1) is 0 Å². The second kappa shape index (κ2) is 64.5. The molecule has 0 aromatic heterocycles. The van der Waals surface area contributed by atoms with Crippen LogP contribution in [0, 0.1) is 0 Å². The molecule has 1 unspecified atom stereocenters. The highest BCUT2D eigenvalue weighted by atomic mass is 16.6. The van der Waals surface area contributed by atoms with Gasteiger partial charge in [-0.1, -0.05) is 259 Å². The lowest BCUT2D eigenvalue weighted by Crippen LogP contribution is -2.30. The summed E-state index contributed by atoms with van der Waals surface area (Å²) in [6.45, 7) is 6.13. The third-order valence-electron chi connectivity index (χ3n) is 11.8. The van der Waals surface area contributed by atoms with E-state index in [1.165, 1.54) is 19.3 Å². The number of allylic oxidation sites excluding steroid dienone is 33. The van der Waals surface area contributed by atoms with E-state index in [4.69, 9.17) is 14.2 Å². The number of rotatable bonds is 52. The van der Waals surface area contributed by atoms with Gasteiger partial charge >= 0.3 is 17.9 Å². The monoisotopic (exact) mass is 1080 g/mol. The topological polar surface area (TPSA) is 78.9 Å². The quantitative estimate of drug-likeness (QED) is 0.0261. The lowest BCUT2D eigenvalue weighted by atomic mass is 10.1. The number of esters is 3. The SMILES string of the molecule is CC/C=C\C/C=C\C/C=C\C/C=C\C/C=C\C/C=C\C/C=C\CCCC(=O)OCC(COC(=O)C/C=C\C/C=C\C/C=C\C/C=C\C/C=C\CC)OC(=O)CCCCCCCCC/C=C\C/C=C\C/C=C\C/C=C\C/C=C\CC. The van der Waals surface area contributed by atoms with Gasteiger partial charge in [-0.2, -0.15) is 0 Å². The summed E-state index contributed by atoms with van der Waals surface area (Å²) in [6.07, 6.45) is 99.9. The van der Waals surface area contributed by atoms with Crippen LogP contribution in [0.15, 0.2) is 207 Å². The van der Waals surface area contributed by atoms with E-state index in [-0.39, 0.29) is 44.4 Å². The zero-order valence-corrected chi connectivity index (χ0v) is 49.8. The predicted octanol–water partition coefficient (Wildman–Crippen LogP) is 21.2. The Kier molecular flexibility index (Phi) is 59.6. The number of ether oxygens (including phenoxy) is 3. The third kappa shape index (κ3) is 62.7. The summed E-state index contributed by atoms with van der Waals surface area (Å²) < 4.78 is 16.7. The van der Waals surface area contributed by atoms with E-state index in [0.29, 0.717) is 12.8 Å². The van der Waals surface area contributed by atoms with Gasteiger partial charge in [0.1, 0.15) is 13.2 Å². The third-order valence-corrected chi connectivity index (χ3v) is 11.8. The summed E-state index contributed by atoms with van der Waals surface area (Å²) in [6, 6.07) is 0. The van der Waals surface area contributed by atoms with Gasteiger partial charge < -0.3 is 14.2 Å². The molecule has 0 aliphatic rings. The first kappa shape index (κ1) is 73.0. The molecule has 0 aliphatic heterocycles. The minimum absolute atomic E-state index is 0.102. The Labute approximate surface area is 483 Å². The van der Waals surface area contributed by atoms with Gasteiger partial charge in [0.15, 0.2) is 6.10 Å². The van der Waals surface area contributed by atoms with Crippen molar-refractivity contribution in [1.29, 1.82) is 0 Å². The molecule has 1 atom stereocenters. The molecule has 0 saturated heterocycles. The average molecular weight is 1080 g/mol. The zero-order valence-electron chi connectivity index (χ0n) is 49.8. The van der Waals surface area contributed by atoms with E-state index in [9.17, 15) is 14.4 Å². The first-order valence-electron chi connectivity index (χ1n) is 30.6. The van der Waals surface area contributed by atoms with Crippen molar-refractivity contribution in [2.75, 3.05) is 13.2 Å². The first-order valence-corrected chi connectivity index (χ1v) is 30.6. The van der Waals surface area contributed by atoms with Crippen molar-refractivity contribution >= 4 is 17.9 Å². The number of unbranched alkanes of at least 4 members (excludes halogenated alkanes) is 8. The van der Waals surface area contributed by atoms with Crippen LogP contribution < -0.4 is 0 Å². The smallest absolute Gasteiger partial charge is 0.309 e. The summed E-state index contributed by atoms with van der Waals surface area (Å²) in [5.41, 5.74) is 0. The highest BCUT2D eigenvalue weighted by Gasteiger charge is 2.19. The van der Waals surface area contributed by atoms with Gasteiger partial charge in [0.2, 0.25) is 0 Å². The van der Waals surface area contributed by atoms with E-state index >= 15 is 0 Å². The van der Waals surface area contributed by atoms with Crippen LogP contribution in [0.1, 0.15) is 213 Å². The molecule has 79 heavy (non-hydrogen) atoms. The van der Waals surface area contributed by atoms with E-state index in [2.05, 4.69) is 215 Å². The van der Waals surface area contributed by atoms with Crippen molar-refractivity contribution in [3.05, 3.63) is 207 Å². The molecule has 0 saturated carbocycles. The Balaban J connectivity index is 4.63. The fourth-order valence-electron chi connectivity index (χ4n) is 7.35. The van der Waals surface area contributed by atoms with Crippen LogP contribution >= 0.6 is 0 Å². The second-order valence-electron chi connectivity index (χ2n) is 19.1. The molecule has 0 bridgehead atoms. The molecule has 0 radical (unpaired) electrons. The van der Waals surface area contributed by atoms with Crippen LogP contribution in [0.3, 0.4) is 0 Å². The van der Waals surface area contributed by atoms with Crippen LogP contribution in [0.2, 0.25) is 0 Å². The van der Waals surface area contributed by atoms with Crippen molar-refractivity contribution in [3.8, 4) is 0 Å². The molecule has 0 rings (SSSR count). The van der Waals surface area contributed by atoms with Gasteiger partial charge in [0.05, 0.1) is 6.42 Å². The summed E-state index contributed by atoms with van der Waals surface area (Å²) in [5.74, 6) is -1.17. The Bertz CT molecular complexity index is 1960. The van der Waals surface area contributed by atoms with Crippen molar-refractivity contribution in [2.24, 2.45) is 0 Å². The molecule has 6 heteroatoms. The van der Waals surface area contributed by atoms with Gasteiger partial charge in [-0.3, -0.25) is 14.4 Å². The van der Waals surface area contributed by atoms with Gasteiger partial charge in [-0.05, 0) is 141 Å². The minimum atomic E-state index is -0.863. The number of carbonyl (C=O) groups excluding carboxylic acids is 3. The summed E-state index contributed by atoms with van der Waals surface area (Å²) in [5, 5.41) is 0. The molecule has 0 heterocycles. The molecule has 0 aromatic carbocycles. The maximum atomic E-state index is 12.9. The van der Waals surface area contributed by atoms with Crippen molar-refractivity contribution in [3.63, 3.8) is 0 Å². The summed E-state index contributed by atoms with van der Waals surface area (Å²) >= 11 is 0. The summed E-state index contributed by atoms with van der Waals surface area (Å²) in [4.78, 5) is 38.2. The standard InChI is InChI=1S/C73H108O6/c1-4-7-10-13-16-19-22-25-28-30-32-34-36-38-40-42-45-48-51-54-57-60-63-66-72(75)78-69-70(68-77-71(74)65-62-59-56-53-50-47-44-27-24-21-18-15-12-9-6-3)79-73(76)67-64-61-58-55-52-49-46-43-41-39-37-35-33-31-29-26-23-20-17-14-11-8-5-2/h7-12,16-21,25-29,32-35,38-41,44-45,48,50,53-54,57,59,62,70H,4-6,13-15,22-24,30-31,36-37,42-43,46-47,49,51-52,55-56,58,60-61,63-69H2,1-3H3/b10-7-,11-8-,12-9-,19-16-,20-17-,21-18-,28-25-,29-26-,34-32-,35-33-,40-38-,41-39-,44-27-,48-45-,53-50-,57-54-,62-59-. The molecule has 436 valence electrons. The molecule has 0 aromatic rings. The van der Waals surface area contributed by atoms with Crippen molar-refractivity contribution in [2.45, 2.75) is 219 Å². The van der Waals surface area contributed by atoms with Gasteiger partial charge in [0.25, 0.3) is 0 Å². The zero-order chi connectivity index (χ0) is 57.1. The molecule has 0 spiro atoms. The molecular weight excluding hydrogens is 973 g/mol. The Hall–Kier alpha value is -6.01. The van der Waals surface area contributed by atoms with Crippen molar-refractivity contribution in [1.82, 2.24) is 0 Å². The van der Waals surface area contributed by atoms with E-state index in [1.807, 2.05) is 6.08 Å². The van der Waals surface area contributed by atoms with E-state index in [0.717, 1.165) is 141 Å². The number of hydrogen-bond donors (Lipinski definition) is 0. The fraction of sp³-hybridized carbons (Fsp3) is 0.493. The van der Waals surface area contributed by atoms with E-state index in [1.54, 1.807) is 6.08 Å². The molecule has 0 amide bonds. The summed E-state index contributed by atoms with van der Waals surface area (Å²) in [7, 11) is 0. The van der Waals surface area contributed by atoms with Crippen LogP contribution in [-0.2, 0) is 28.6 Å². The first-order chi connectivity index (χ1) is 39.0. The lowest BCUT2D eigenvalue weighted by molar-refractivity contribution is -0.166. The Morgan fingerprint density at radius 1 is 0.266 bits per heavy atom. The van der Waals surface area contributed by atoms with Gasteiger partial charge in [0, 0.05) is 12.8 Å². The maximum absolute atomic E-state index is 12.9. The normalized spacial score (nSPS) is 13.6. The predicted molar refractivity (Wildman–Crippen MR) is 343 cm³/mol. The van der Waals surface area contributed by atoms with E-state index < -0.39 is 12.1 Å². The van der Waals surface area contributed by atoms with Crippen LogP contribution in [0.25, 0.3) is 0 Å². The number of hydrogen-bond acceptors (Lipinski definition) is 6. The average Bonchev–Trinajstić information content (AvgIpc) is 3.45. The minimum Gasteiger partial charge on any atom is -0.462 e. The van der Waals surface area contributed by atoms with Crippen molar-refractivity contribution < 1.29 is 28.6 Å². The van der Waals surface area contributed by atoms with Gasteiger partial charge in [-0.25, -0.2) is 0 Å².